The van der Waals surface area contributed by atoms with Crippen molar-refractivity contribution in [3.63, 3.8) is 0 Å². The van der Waals surface area contributed by atoms with Crippen molar-refractivity contribution >= 4 is 23.6 Å². The number of fused-ring (bicyclic) bond motifs is 1. The number of rotatable bonds is 4. The van der Waals surface area contributed by atoms with Gasteiger partial charge in [0.1, 0.15) is 0 Å². The molecule has 4 rings (SSSR count). The minimum absolute atomic E-state index is 0.256. The molecule has 0 radical (unpaired) electrons. The Morgan fingerprint density at radius 1 is 0.938 bits per heavy atom. The molecule has 0 saturated heterocycles. The summed E-state index contributed by atoms with van der Waals surface area (Å²) >= 11 is 0. The average Bonchev–Trinajstić information content (AvgIpc) is 2.80. The highest BCUT2D eigenvalue weighted by Crippen LogP contribution is 2.51. The van der Waals surface area contributed by atoms with Crippen LogP contribution in [0.2, 0.25) is 0 Å². The number of benzene rings is 2. The van der Waals surface area contributed by atoms with Gasteiger partial charge in [-0.25, -0.2) is 9.59 Å². The molecule has 1 fully saturated rings. The molecule has 2 aromatic rings. The molecule has 6 heteroatoms. The van der Waals surface area contributed by atoms with Crippen LogP contribution in [0.5, 0.6) is 0 Å². The minimum atomic E-state index is -0.668. The number of esters is 1. The van der Waals surface area contributed by atoms with Gasteiger partial charge in [0.25, 0.3) is 5.91 Å². The van der Waals surface area contributed by atoms with E-state index in [1.54, 1.807) is 37.3 Å². The summed E-state index contributed by atoms with van der Waals surface area (Å²) in [5.74, 6) is -0.897. The van der Waals surface area contributed by atoms with Gasteiger partial charge in [0.05, 0.1) is 17.9 Å². The number of imide groups is 1. The van der Waals surface area contributed by atoms with Crippen LogP contribution in [0, 0.1) is 5.41 Å². The van der Waals surface area contributed by atoms with E-state index in [0.29, 0.717) is 16.8 Å². The maximum Gasteiger partial charge on any atom is 0.336 e. The highest BCUT2D eigenvalue weighted by Gasteiger charge is 2.45. The summed E-state index contributed by atoms with van der Waals surface area (Å²) in [5, 5.41) is 5.23. The zero-order valence-electron chi connectivity index (χ0n) is 18.3. The largest absolute Gasteiger partial charge is 0.463 e. The van der Waals surface area contributed by atoms with E-state index in [9.17, 15) is 14.4 Å². The first-order chi connectivity index (χ1) is 15.5. The Morgan fingerprint density at radius 2 is 1.62 bits per heavy atom. The first-order valence-corrected chi connectivity index (χ1v) is 11.2. The maximum absolute atomic E-state index is 13.2. The molecular weight excluding hydrogens is 404 g/mol. The molecule has 2 aliphatic rings. The summed E-state index contributed by atoms with van der Waals surface area (Å²) in [4.78, 5) is 38.5. The molecule has 166 valence electrons. The van der Waals surface area contributed by atoms with Gasteiger partial charge in [-0.05, 0) is 43.9 Å². The van der Waals surface area contributed by atoms with E-state index in [1.807, 2.05) is 24.3 Å². The maximum atomic E-state index is 13.2. The topological polar surface area (TPSA) is 84.5 Å². The lowest BCUT2D eigenvalue weighted by atomic mass is 9.62. The van der Waals surface area contributed by atoms with Gasteiger partial charge >= 0.3 is 12.0 Å². The van der Waals surface area contributed by atoms with E-state index in [0.717, 1.165) is 49.7 Å². The SMILES string of the molecule is CCOC(=O)C1=C(NC(=O)NC(=O)c2ccccc2)c2ccccc2CC12CCCCC2. The predicted octanol–water partition coefficient (Wildman–Crippen LogP) is 4.61. The van der Waals surface area contributed by atoms with E-state index in [4.69, 9.17) is 4.74 Å². The van der Waals surface area contributed by atoms with Crippen molar-refractivity contribution in [3.8, 4) is 0 Å². The number of carbonyl (C=O) groups excluding carboxylic acids is 3. The number of amides is 3. The Bertz CT molecular complexity index is 1050. The normalized spacial score (nSPS) is 16.8. The fourth-order valence-corrected chi connectivity index (χ4v) is 4.99. The summed E-state index contributed by atoms with van der Waals surface area (Å²) in [6.45, 7) is 2.03. The van der Waals surface area contributed by atoms with Crippen molar-refractivity contribution < 1.29 is 19.1 Å². The van der Waals surface area contributed by atoms with Gasteiger partial charge in [-0.3, -0.25) is 10.1 Å². The summed E-state index contributed by atoms with van der Waals surface area (Å²) in [5.41, 5.74) is 2.88. The summed E-state index contributed by atoms with van der Waals surface area (Å²) in [6, 6.07) is 15.7. The highest BCUT2D eigenvalue weighted by atomic mass is 16.5. The van der Waals surface area contributed by atoms with E-state index in [1.165, 1.54) is 0 Å². The Morgan fingerprint density at radius 3 is 2.34 bits per heavy atom. The fraction of sp³-hybridized carbons (Fsp3) is 0.346. The molecule has 32 heavy (non-hydrogen) atoms. The molecule has 0 aromatic heterocycles. The Hall–Kier alpha value is -3.41. The van der Waals surface area contributed by atoms with Gasteiger partial charge in [-0.1, -0.05) is 61.7 Å². The van der Waals surface area contributed by atoms with Crippen LogP contribution in [0.15, 0.2) is 60.2 Å². The summed E-state index contributed by atoms with van der Waals surface area (Å²) in [7, 11) is 0. The first kappa shape index (κ1) is 21.8. The molecule has 1 spiro atoms. The lowest BCUT2D eigenvalue weighted by Gasteiger charge is -2.43. The molecule has 1 saturated carbocycles. The van der Waals surface area contributed by atoms with Crippen molar-refractivity contribution in [2.75, 3.05) is 6.61 Å². The van der Waals surface area contributed by atoms with Crippen molar-refractivity contribution in [3.05, 3.63) is 76.9 Å². The minimum Gasteiger partial charge on any atom is -0.463 e. The number of nitrogens with one attached hydrogen (secondary N) is 2. The first-order valence-electron chi connectivity index (χ1n) is 11.2. The zero-order valence-corrected chi connectivity index (χ0v) is 18.3. The molecular formula is C26H28N2O4. The molecule has 2 aromatic carbocycles. The number of ether oxygens (including phenoxy) is 1. The molecule has 2 aliphatic carbocycles. The van der Waals surface area contributed by atoms with Gasteiger partial charge in [0, 0.05) is 16.5 Å². The van der Waals surface area contributed by atoms with Crippen LogP contribution in [-0.4, -0.2) is 24.5 Å². The van der Waals surface area contributed by atoms with Crippen molar-refractivity contribution in [1.82, 2.24) is 10.6 Å². The third-order valence-corrected chi connectivity index (χ3v) is 6.39. The second kappa shape index (κ2) is 9.39. The molecule has 0 unspecified atom stereocenters. The quantitative estimate of drug-likeness (QED) is 0.691. The van der Waals surface area contributed by atoms with Crippen molar-refractivity contribution in [1.29, 1.82) is 0 Å². The second-order valence-electron chi connectivity index (χ2n) is 8.42. The molecule has 0 bridgehead atoms. The molecule has 0 aliphatic heterocycles. The lowest BCUT2D eigenvalue weighted by molar-refractivity contribution is -0.140. The standard InChI is InChI=1S/C26H28N2O4/c1-2-32-24(30)21-22(27-25(31)28-23(29)18-11-5-3-6-12-18)20-14-8-7-13-19(20)17-26(21)15-9-4-10-16-26/h3,5-8,11-14H,2,4,9-10,15-17H2,1H3,(H2,27,28,29,31). The zero-order chi connectivity index (χ0) is 22.6. The van der Waals surface area contributed by atoms with Crippen molar-refractivity contribution in [2.24, 2.45) is 5.41 Å². The summed E-state index contributed by atoms with van der Waals surface area (Å²) < 4.78 is 5.45. The predicted molar refractivity (Wildman–Crippen MR) is 122 cm³/mol. The van der Waals surface area contributed by atoms with E-state index >= 15 is 0 Å². The van der Waals surface area contributed by atoms with E-state index in [-0.39, 0.29) is 12.0 Å². The van der Waals surface area contributed by atoms with Crippen LogP contribution in [0.3, 0.4) is 0 Å². The summed E-state index contributed by atoms with van der Waals surface area (Å²) in [6.07, 6.45) is 5.66. The van der Waals surface area contributed by atoms with Gasteiger partial charge < -0.3 is 10.1 Å². The fourth-order valence-electron chi connectivity index (χ4n) is 4.99. The van der Waals surface area contributed by atoms with Crippen LogP contribution >= 0.6 is 0 Å². The van der Waals surface area contributed by atoms with Gasteiger partial charge in [0.15, 0.2) is 0 Å². The Balaban J connectivity index is 1.73. The van der Waals surface area contributed by atoms with Crippen LogP contribution in [-0.2, 0) is 16.0 Å². The van der Waals surface area contributed by atoms with Gasteiger partial charge in [-0.2, -0.15) is 0 Å². The van der Waals surface area contributed by atoms with Gasteiger partial charge in [0.2, 0.25) is 0 Å². The van der Waals surface area contributed by atoms with Crippen molar-refractivity contribution in [2.45, 2.75) is 45.4 Å². The third-order valence-electron chi connectivity index (χ3n) is 6.39. The highest BCUT2D eigenvalue weighted by molar-refractivity contribution is 6.08. The Kier molecular flexibility index (Phi) is 6.40. The number of carbonyl (C=O) groups is 3. The Labute approximate surface area is 188 Å². The monoisotopic (exact) mass is 432 g/mol. The third kappa shape index (κ3) is 4.31. The van der Waals surface area contributed by atoms with Crippen LogP contribution < -0.4 is 10.6 Å². The number of urea groups is 1. The van der Waals surface area contributed by atoms with E-state index < -0.39 is 17.9 Å². The van der Waals surface area contributed by atoms with E-state index in [2.05, 4.69) is 10.6 Å². The molecule has 0 atom stereocenters. The second-order valence-corrected chi connectivity index (χ2v) is 8.42. The van der Waals surface area contributed by atoms with Crippen LogP contribution in [0.4, 0.5) is 4.79 Å². The number of hydrogen-bond acceptors (Lipinski definition) is 4. The molecule has 6 nitrogen and oxygen atoms in total. The van der Waals surface area contributed by atoms with Crippen LogP contribution in [0.25, 0.3) is 5.70 Å². The molecule has 2 N–H and O–H groups in total. The smallest absolute Gasteiger partial charge is 0.336 e. The van der Waals surface area contributed by atoms with Crippen LogP contribution in [0.1, 0.15) is 60.5 Å². The average molecular weight is 433 g/mol. The lowest BCUT2D eigenvalue weighted by Crippen LogP contribution is -2.44. The molecule has 3 amide bonds. The van der Waals surface area contributed by atoms with Gasteiger partial charge in [-0.15, -0.1) is 0 Å². The molecule has 0 heterocycles. The number of hydrogen-bond donors (Lipinski definition) is 2.